The van der Waals surface area contributed by atoms with Gasteiger partial charge in [-0.25, -0.2) is 0 Å². The molecule has 6 heteroatoms. The molecule has 2 aromatic heterocycles. The summed E-state index contributed by atoms with van der Waals surface area (Å²) < 4.78 is 0. The fraction of sp³-hybridized carbons (Fsp3) is 0. The standard InChI is InChI=1S/C36H26N4S2/c1-5-13-27(14-6-1)35(28-15-7-2-8-16-28)39-37-25-31-21-23-33(41-31)34-24-22-32(42-34)26-38-40-36(29-17-9-3-10-18-29)30-19-11-4-12-20-30/h1-26H/b37-25+,38-26+. The molecule has 0 radical (unpaired) electrons. The van der Waals surface area contributed by atoms with Gasteiger partial charge < -0.3 is 0 Å². The lowest BCUT2D eigenvalue weighted by atomic mass is 10.0. The van der Waals surface area contributed by atoms with Crippen LogP contribution in [0.1, 0.15) is 32.0 Å². The second kappa shape index (κ2) is 13.5. The highest BCUT2D eigenvalue weighted by molar-refractivity contribution is 7.23. The fourth-order valence-electron chi connectivity index (χ4n) is 4.34. The van der Waals surface area contributed by atoms with Gasteiger partial charge >= 0.3 is 0 Å². The van der Waals surface area contributed by atoms with Gasteiger partial charge in [-0.2, -0.15) is 10.2 Å². The van der Waals surface area contributed by atoms with Crippen molar-refractivity contribution in [2.75, 3.05) is 0 Å². The van der Waals surface area contributed by atoms with Gasteiger partial charge in [0.25, 0.3) is 0 Å². The Bertz CT molecular complexity index is 1630. The number of rotatable bonds is 9. The van der Waals surface area contributed by atoms with Gasteiger partial charge in [-0.3, -0.25) is 0 Å². The van der Waals surface area contributed by atoms with Crippen LogP contribution in [-0.4, -0.2) is 23.9 Å². The largest absolute Gasteiger partial charge is 0.157 e. The molecule has 0 aliphatic rings. The van der Waals surface area contributed by atoms with Crippen LogP contribution in [-0.2, 0) is 0 Å². The van der Waals surface area contributed by atoms with E-state index in [1.807, 2.05) is 85.2 Å². The normalized spacial score (nSPS) is 11.1. The monoisotopic (exact) mass is 578 g/mol. The van der Waals surface area contributed by atoms with Gasteiger partial charge in [-0.15, -0.1) is 32.9 Å². The summed E-state index contributed by atoms with van der Waals surface area (Å²) in [5, 5.41) is 18.1. The maximum atomic E-state index is 4.60. The van der Waals surface area contributed by atoms with Gasteiger partial charge in [0.2, 0.25) is 0 Å². The van der Waals surface area contributed by atoms with E-state index in [1.165, 1.54) is 9.75 Å². The molecule has 42 heavy (non-hydrogen) atoms. The predicted octanol–water partition coefficient (Wildman–Crippen LogP) is 9.22. The second-order valence-corrected chi connectivity index (χ2v) is 11.5. The van der Waals surface area contributed by atoms with E-state index in [9.17, 15) is 0 Å². The molecular formula is C36H26N4S2. The molecule has 0 atom stereocenters. The molecule has 0 fully saturated rings. The Labute approximate surface area is 253 Å². The van der Waals surface area contributed by atoms with E-state index in [2.05, 4.69) is 93.2 Å². The van der Waals surface area contributed by atoms with Crippen molar-refractivity contribution in [2.45, 2.75) is 0 Å². The van der Waals surface area contributed by atoms with E-state index in [0.29, 0.717) is 0 Å². The minimum Gasteiger partial charge on any atom is -0.157 e. The molecule has 2 heterocycles. The first kappa shape index (κ1) is 27.1. The Morgan fingerprint density at radius 2 is 0.690 bits per heavy atom. The smallest absolute Gasteiger partial charge is 0.100 e. The van der Waals surface area contributed by atoms with Crippen molar-refractivity contribution in [3.8, 4) is 9.75 Å². The molecule has 0 spiro atoms. The van der Waals surface area contributed by atoms with E-state index in [0.717, 1.165) is 43.4 Å². The van der Waals surface area contributed by atoms with Crippen molar-refractivity contribution >= 4 is 46.5 Å². The van der Waals surface area contributed by atoms with Crippen LogP contribution >= 0.6 is 22.7 Å². The van der Waals surface area contributed by atoms with Crippen LogP contribution in [0.3, 0.4) is 0 Å². The molecule has 0 saturated heterocycles. The molecule has 4 aromatic carbocycles. The minimum absolute atomic E-state index is 0.844. The quantitative estimate of drug-likeness (QED) is 0.121. The summed E-state index contributed by atoms with van der Waals surface area (Å²) in [4.78, 5) is 4.43. The molecule has 6 rings (SSSR count). The lowest BCUT2D eigenvalue weighted by molar-refractivity contribution is 1.25. The lowest BCUT2D eigenvalue weighted by Crippen LogP contribution is -2.02. The van der Waals surface area contributed by atoms with Crippen molar-refractivity contribution < 1.29 is 0 Å². The maximum Gasteiger partial charge on any atom is 0.100 e. The topological polar surface area (TPSA) is 49.4 Å². The van der Waals surface area contributed by atoms with Crippen LogP contribution in [0.5, 0.6) is 0 Å². The summed E-state index contributed by atoms with van der Waals surface area (Å²) >= 11 is 3.37. The van der Waals surface area contributed by atoms with E-state index in [1.54, 1.807) is 22.7 Å². The molecule has 6 aromatic rings. The third-order valence-corrected chi connectivity index (χ3v) is 8.61. The summed E-state index contributed by atoms with van der Waals surface area (Å²) in [5.74, 6) is 0. The number of nitrogens with zero attached hydrogens (tertiary/aromatic N) is 4. The van der Waals surface area contributed by atoms with Gasteiger partial charge in [0.15, 0.2) is 0 Å². The van der Waals surface area contributed by atoms with Crippen molar-refractivity contribution in [1.29, 1.82) is 0 Å². The molecule has 0 aliphatic carbocycles. The van der Waals surface area contributed by atoms with Crippen LogP contribution in [0.15, 0.2) is 166 Å². The van der Waals surface area contributed by atoms with Crippen LogP contribution in [0.25, 0.3) is 9.75 Å². The van der Waals surface area contributed by atoms with E-state index in [-0.39, 0.29) is 0 Å². The summed E-state index contributed by atoms with van der Waals surface area (Å²) in [6.45, 7) is 0. The number of hydrogen-bond acceptors (Lipinski definition) is 6. The first-order valence-corrected chi connectivity index (χ1v) is 15.1. The Kier molecular flexibility index (Phi) is 8.76. The average molecular weight is 579 g/mol. The number of benzene rings is 4. The van der Waals surface area contributed by atoms with E-state index in [4.69, 9.17) is 0 Å². The maximum absolute atomic E-state index is 4.60. The second-order valence-electron chi connectivity index (χ2n) is 9.25. The third-order valence-electron chi connectivity index (χ3n) is 6.37. The number of thiophene rings is 2. The van der Waals surface area contributed by atoms with Crippen molar-refractivity contribution in [3.63, 3.8) is 0 Å². The van der Waals surface area contributed by atoms with E-state index >= 15 is 0 Å². The molecular weight excluding hydrogens is 553 g/mol. The Hall–Kier alpha value is -5.04. The van der Waals surface area contributed by atoms with Crippen LogP contribution in [0, 0.1) is 0 Å². The molecule has 4 nitrogen and oxygen atoms in total. The lowest BCUT2D eigenvalue weighted by Gasteiger charge is -2.04. The van der Waals surface area contributed by atoms with Gasteiger partial charge in [-0.05, 0) is 24.3 Å². The highest BCUT2D eigenvalue weighted by Crippen LogP contribution is 2.32. The fourth-order valence-corrected chi connectivity index (χ4v) is 6.18. The van der Waals surface area contributed by atoms with Crippen LogP contribution in [0.2, 0.25) is 0 Å². The third kappa shape index (κ3) is 6.81. The summed E-state index contributed by atoms with van der Waals surface area (Å²) in [7, 11) is 0. The Morgan fingerprint density at radius 1 is 0.381 bits per heavy atom. The molecule has 202 valence electrons. The zero-order valence-corrected chi connectivity index (χ0v) is 24.2. The summed E-state index contributed by atoms with van der Waals surface area (Å²) in [6.07, 6.45) is 3.64. The molecule has 0 N–H and O–H groups in total. The molecule has 0 aliphatic heterocycles. The predicted molar refractivity (Wildman–Crippen MR) is 180 cm³/mol. The van der Waals surface area contributed by atoms with Gasteiger partial charge in [0.1, 0.15) is 11.4 Å². The summed E-state index contributed by atoms with van der Waals surface area (Å²) in [6, 6.07) is 49.0. The van der Waals surface area contributed by atoms with Crippen molar-refractivity contribution in [3.05, 3.63) is 178 Å². The van der Waals surface area contributed by atoms with Gasteiger partial charge in [0, 0.05) is 41.8 Å². The molecule has 0 bridgehead atoms. The Balaban J connectivity index is 1.18. The average Bonchev–Trinajstić information content (AvgIpc) is 3.73. The zero-order chi connectivity index (χ0) is 28.4. The number of hydrogen-bond donors (Lipinski definition) is 0. The molecule has 0 saturated carbocycles. The van der Waals surface area contributed by atoms with Gasteiger partial charge in [0.05, 0.1) is 12.4 Å². The van der Waals surface area contributed by atoms with Crippen molar-refractivity contribution in [2.24, 2.45) is 20.4 Å². The highest BCUT2D eigenvalue weighted by atomic mass is 32.1. The van der Waals surface area contributed by atoms with Crippen LogP contribution in [0.4, 0.5) is 0 Å². The van der Waals surface area contributed by atoms with Crippen molar-refractivity contribution in [1.82, 2.24) is 0 Å². The first-order chi connectivity index (χ1) is 20.8. The molecule has 0 amide bonds. The van der Waals surface area contributed by atoms with Gasteiger partial charge in [-0.1, -0.05) is 121 Å². The van der Waals surface area contributed by atoms with Crippen LogP contribution < -0.4 is 0 Å². The highest BCUT2D eigenvalue weighted by Gasteiger charge is 2.08. The Morgan fingerprint density at radius 3 is 1.00 bits per heavy atom. The summed E-state index contributed by atoms with van der Waals surface area (Å²) in [5.41, 5.74) is 5.82. The van der Waals surface area contributed by atoms with E-state index < -0.39 is 0 Å². The zero-order valence-electron chi connectivity index (χ0n) is 22.6. The minimum atomic E-state index is 0.844. The first-order valence-electron chi connectivity index (χ1n) is 13.5. The SMILES string of the molecule is C(=N\N=C(c1ccccc1)c1ccccc1)/c1ccc(-c2ccc(/C=N/N=C(c3ccccc3)c3ccccc3)s2)s1. The molecule has 0 unspecified atom stereocenters.